The zero-order valence-corrected chi connectivity index (χ0v) is 20.3. The van der Waals surface area contributed by atoms with Crippen LogP contribution in [0.4, 0.5) is 5.69 Å². The van der Waals surface area contributed by atoms with Crippen LogP contribution in [0, 0.1) is 0 Å². The topological polar surface area (TPSA) is 153 Å². The average molecular weight is 500 g/mol. The lowest BCUT2D eigenvalue weighted by Crippen LogP contribution is -3.19. The fourth-order valence-corrected chi connectivity index (χ4v) is 4.52. The van der Waals surface area contributed by atoms with Crippen molar-refractivity contribution in [1.82, 2.24) is 0 Å². The summed E-state index contributed by atoms with van der Waals surface area (Å²) in [5, 5.41) is 18.6. The van der Waals surface area contributed by atoms with Crippen LogP contribution in [0.15, 0.2) is 54.6 Å². The highest BCUT2D eigenvalue weighted by atomic mass is 16.5. The van der Waals surface area contributed by atoms with Crippen LogP contribution in [0.25, 0.3) is 0 Å². The number of aryl methyl sites for hydroxylation is 2. The number of ether oxygens (including phenoxy) is 1. The maximum absolute atomic E-state index is 13.6. The van der Waals surface area contributed by atoms with Gasteiger partial charge in [0, 0.05) is 18.5 Å². The lowest BCUT2D eigenvalue weighted by Gasteiger charge is -2.31. The Balaban J connectivity index is 1.86. The van der Waals surface area contributed by atoms with Crippen LogP contribution >= 0.6 is 0 Å². The molecule has 0 fully saturated rings. The van der Waals surface area contributed by atoms with Crippen molar-refractivity contribution in [3.05, 3.63) is 65.7 Å². The first-order valence-corrected chi connectivity index (χ1v) is 11.9. The lowest BCUT2D eigenvalue weighted by molar-refractivity contribution is -0.913. The molecule has 2 aromatic carbocycles. The number of nitrogens with one attached hydrogen (secondary N) is 1. The maximum atomic E-state index is 13.6. The zero-order valence-electron chi connectivity index (χ0n) is 20.3. The number of carboxylic acid groups (broad SMARTS) is 2. The molecule has 6 N–H and O–H groups in total. The highest BCUT2D eigenvalue weighted by Crippen LogP contribution is 2.26. The first-order valence-electron chi connectivity index (χ1n) is 11.9. The van der Waals surface area contributed by atoms with Crippen molar-refractivity contribution in [3.63, 3.8) is 0 Å². The van der Waals surface area contributed by atoms with E-state index < -0.39 is 42.6 Å². The second-order valence-electron chi connectivity index (χ2n) is 9.02. The van der Waals surface area contributed by atoms with Gasteiger partial charge in [0.2, 0.25) is 6.04 Å². The number of para-hydroxylation sites is 1. The van der Waals surface area contributed by atoms with Crippen LogP contribution in [0.2, 0.25) is 0 Å². The van der Waals surface area contributed by atoms with Crippen molar-refractivity contribution < 1.29 is 44.8 Å². The molecule has 1 heterocycles. The molecule has 1 aliphatic heterocycles. The third kappa shape index (κ3) is 6.67. The Bertz CT molecular complexity index is 1090. The van der Waals surface area contributed by atoms with Gasteiger partial charge in [-0.2, -0.15) is 0 Å². The molecular weight excluding hydrogens is 466 g/mol. The average Bonchev–Trinajstić information content (AvgIpc) is 2.99. The number of hydrogen-bond acceptors (Lipinski definition) is 5. The summed E-state index contributed by atoms with van der Waals surface area (Å²) in [6, 6.07) is 14.2. The van der Waals surface area contributed by atoms with E-state index in [0.717, 1.165) is 11.1 Å². The number of benzene rings is 2. The largest absolute Gasteiger partial charge is 0.480 e. The minimum Gasteiger partial charge on any atom is -0.480 e. The SMILES string of the molecule is C[NH+](C(CCc1ccccc1)C(=O)OC[C@H]([NH3+])C(=O)O)[C@@H]1CCc2ccccc2N(CC(=O)O)C1=O. The van der Waals surface area contributed by atoms with E-state index in [1.165, 1.54) is 4.90 Å². The fraction of sp³-hybridized carbons (Fsp3) is 0.385. The molecule has 1 aliphatic rings. The van der Waals surface area contributed by atoms with Gasteiger partial charge in [0.1, 0.15) is 6.54 Å². The number of quaternary nitrogens is 2. The molecule has 10 heteroatoms. The van der Waals surface area contributed by atoms with E-state index in [4.69, 9.17) is 9.84 Å². The second kappa shape index (κ2) is 12.3. The van der Waals surface area contributed by atoms with Gasteiger partial charge in [-0.05, 0) is 30.0 Å². The molecule has 2 aromatic rings. The molecule has 10 nitrogen and oxygen atoms in total. The summed E-state index contributed by atoms with van der Waals surface area (Å²) >= 11 is 0. The predicted octanol–water partition coefficient (Wildman–Crippen LogP) is -0.827. The van der Waals surface area contributed by atoms with Gasteiger partial charge in [-0.1, -0.05) is 48.5 Å². The Morgan fingerprint density at radius 1 is 1.11 bits per heavy atom. The van der Waals surface area contributed by atoms with Gasteiger partial charge in [0.05, 0.1) is 7.05 Å². The summed E-state index contributed by atoms with van der Waals surface area (Å²) in [5.41, 5.74) is 5.92. The van der Waals surface area contributed by atoms with Gasteiger partial charge < -0.3 is 25.6 Å². The molecule has 3 rings (SSSR count). The molecule has 36 heavy (non-hydrogen) atoms. The Labute approximate surface area is 209 Å². The van der Waals surface area contributed by atoms with E-state index in [-0.39, 0.29) is 12.5 Å². The molecule has 1 amide bonds. The second-order valence-corrected chi connectivity index (χ2v) is 9.02. The molecule has 0 aliphatic carbocycles. The van der Waals surface area contributed by atoms with Crippen LogP contribution < -0.4 is 15.5 Å². The number of fused-ring (bicyclic) bond motifs is 1. The number of carboxylic acids is 2. The summed E-state index contributed by atoms with van der Waals surface area (Å²) in [6.07, 6.45) is 1.87. The van der Waals surface area contributed by atoms with Crippen molar-refractivity contribution >= 4 is 29.5 Å². The summed E-state index contributed by atoms with van der Waals surface area (Å²) in [4.78, 5) is 51.4. The Morgan fingerprint density at radius 2 is 1.78 bits per heavy atom. The monoisotopic (exact) mass is 499 g/mol. The Hall–Kier alpha value is -3.76. The number of carbonyl (C=O) groups is 4. The van der Waals surface area contributed by atoms with Crippen LogP contribution in [-0.2, 0) is 36.8 Å². The number of likely N-dealkylation sites (N-methyl/N-ethyl adjacent to an activating group) is 1. The minimum absolute atomic E-state index is 0.360. The molecule has 192 valence electrons. The van der Waals surface area contributed by atoms with Gasteiger partial charge in [-0.25, -0.2) is 9.59 Å². The molecule has 2 unspecified atom stereocenters. The van der Waals surface area contributed by atoms with Crippen molar-refractivity contribution in [2.45, 2.75) is 43.8 Å². The van der Waals surface area contributed by atoms with Crippen molar-refractivity contribution in [2.75, 3.05) is 25.1 Å². The molecule has 4 atom stereocenters. The van der Waals surface area contributed by atoms with E-state index in [1.54, 1.807) is 19.2 Å². The molecule has 0 spiro atoms. The van der Waals surface area contributed by atoms with E-state index in [2.05, 4.69) is 5.73 Å². The highest BCUT2D eigenvalue weighted by Gasteiger charge is 2.42. The smallest absolute Gasteiger partial charge is 0.366 e. The molecule has 0 radical (unpaired) electrons. The first-order chi connectivity index (χ1) is 17.2. The maximum Gasteiger partial charge on any atom is 0.366 e. The zero-order chi connectivity index (χ0) is 26.2. The number of amides is 1. The third-order valence-corrected chi connectivity index (χ3v) is 6.57. The Morgan fingerprint density at radius 3 is 2.44 bits per heavy atom. The van der Waals surface area contributed by atoms with E-state index in [1.807, 2.05) is 42.5 Å². The van der Waals surface area contributed by atoms with Gasteiger partial charge in [-0.15, -0.1) is 0 Å². The van der Waals surface area contributed by atoms with Crippen molar-refractivity contribution in [3.8, 4) is 0 Å². The third-order valence-electron chi connectivity index (χ3n) is 6.57. The predicted molar refractivity (Wildman–Crippen MR) is 129 cm³/mol. The van der Waals surface area contributed by atoms with Crippen LogP contribution in [0.5, 0.6) is 0 Å². The van der Waals surface area contributed by atoms with Crippen molar-refractivity contribution in [1.29, 1.82) is 0 Å². The first kappa shape index (κ1) is 26.8. The summed E-state index contributed by atoms with van der Waals surface area (Å²) < 4.78 is 5.33. The quantitative estimate of drug-likeness (QED) is 0.295. The summed E-state index contributed by atoms with van der Waals surface area (Å²) in [6.45, 7) is -0.862. The molecular formula is C26H33N3O7+2. The number of nitrogens with zero attached hydrogens (tertiary/aromatic N) is 1. The normalized spacial score (nSPS) is 17.9. The Kier molecular flexibility index (Phi) is 9.15. The van der Waals surface area contributed by atoms with Gasteiger partial charge in [-0.3, -0.25) is 14.5 Å². The summed E-state index contributed by atoms with van der Waals surface area (Å²) in [5.74, 6) is -3.30. The number of hydrogen-bond donors (Lipinski definition) is 4. The lowest BCUT2D eigenvalue weighted by atomic mass is 10.0. The van der Waals surface area contributed by atoms with Crippen LogP contribution in [0.3, 0.4) is 0 Å². The minimum atomic E-state index is -1.18. The van der Waals surface area contributed by atoms with Gasteiger partial charge >= 0.3 is 17.9 Å². The van der Waals surface area contributed by atoms with E-state index >= 15 is 0 Å². The number of anilines is 1. The standard InChI is InChI=1S/C26H31N3O7/c1-28(21-14-12-18-9-5-6-10-20(18)29(24(21)32)15-23(30)31)22(13-11-17-7-3-2-4-8-17)26(35)36-16-19(27)25(33)34/h2-10,19,21-22H,11-16,27H2,1H3,(H,30,31)(H,33,34)/p+2/t19-,21+,22?/m0/s1. The number of rotatable bonds is 11. The number of carbonyl (C=O) groups excluding carboxylic acids is 2. The number of esters is 1. The fourth-order valence-electron chi connectivity index (χ4n) is 4.52. The molecule has 0 saturated carbocycles. The highest BCUT2D eigenvalue weighted by molar-refractivity contribution is 6.01. The van der Waals surface area contributed by atoms with E-state index in [9.17, 15) is 24.3 Å². The molecule has 0 aromatic heterocycles. The van der Waals surface area contributed by atoms with Gasteiger partial charge in [0.15, 0.2) is 18.7 Å². The van der Waals surface area contributed by atoms with Crippen LogP contribution in [0.1, 0.15) is 24.0 Å². The van der Waals surface area contributed by atoms with Crippen molar-refractivity contribution in [2.24, 2.45) is 0 Å². The molecule has 0 saturated heterocycles. The van der Waals surface area contributed by atoms with E-state index in [0.29, 0.717) is 36.3 Å². The number of aliphatic carboxylic acids is 2. The summed E-state index contributed by atoms with van der Waals surface area (Å²) in [7, 11) is 1.73. The molecule has 0 bridgehead atoms. The van der Waals surface area contributed by atoms with Crippen LogP contribution in [-0.4, -0.2) is 72.4 Å². The van der Waals surface area contributed by atoms with Gasteiger partial charge in [0.25, 0.3) is 5.91 Å².